The molecule has 1 amide bonds. The van der Waals surface area contributed by atoms with Gasteiger partial charge in [-0.2, -0.15) is 5.10 Å². The summed E-state index contributed by atoms with van der Waals surface area (Å²) in [5, 5.41) is 12.0. The van der Waals surface area contributed by atoms with Gasteiger partial charge >= 0.3 is 0 Å². The van der Waals surface area contributed by atoms with Crippen molar-refractivity contribution >= 4 is 17.2 Å². The number of carbonyl (C=O) groups excluding carboxylic acids is 1. The van der Waals surface area contributed by atoms with Crippen LogP contribution in [0, 0.1) is 0 Å². The number of rotatable bonds is 2. The summed E-state index contributed by atoms with van der Waals surface area (Å²) in [6.07, 6.45) is 4.71. The number of hydrogen-bond donors (Lipinski definition) is 2. The molecule has 3 rings (SSSR count). The summed E-state index contributed by atoms with van der Waals surface area (Å²) in [5.41, 5.74) is 2.44. The number of H-pyrrole nitrogens is 1. The van der Waals surface area contributed by atoms with Crippen molar-refractivity contribution in [2.24, 2.45) is 0 Å². The van der Waals surface area contributed by atoms with Crippen LogP contribution < -0.4 is 5.32 Å². The van der Waals surface area contributed by atoms with Crippen LogP contribution >= 0.6 is 11.3 Å². The number of carbonyl (C=O) groups is 1. The second-order valence-corrected chi connectivity index (χ2v) is 5.21. The number of hydrogen-bond acceptors (Lipinski definition) is 3. The van der Waals surface area contributed by atoms with Crippen molar-refractivity contribution in [3.63, 3.8) is 0 Å². The molecule has 1 aliphatic rings. The number of amides is 1. The van der Waals surface area contributed by atoms with Crippen molar-refractivity contribution in [1.29, 1.82) is 0 Å². The Bertz CT molecular complexity index is 518. The van der Waals surface area contributed by atoms with E-state index in [1.807, 2.05) is 23.7 Å². The van der Waals surface area contributed by atoms with Crippen LogP contribution in [0.15, 0.2) is 23.7 Å². The molecule has 0 fully saturated rings. The van der Waals surface area contributed by atoms with Crippen LogP contribution in [-0.2, 0) is 12.8 Å². The lowest BCUT2D eigenvalue weighted by molar-refractivity contribution is 0.0937. The molecule has 1 atom stereocenters. The van der Waals surface area contributed by atoms with Gasteiger partial charge in [-0.3, -0.25) is 9.89 Å². The molecular weight excluding hydrogens is 234 g/mol. The Labute approximate surface area is 103 Å². The van der Waals surface area contributed by atoms with Gasteiger partial charge in [0.2, 0.25) is 0 Å². The lowest BCUT2D eigenvalue weighted by Crippen LogP contribution is -2.38. The zero-order valence-electron chi connectivity index (χ0n) is 9.27. The molecule has 2 heterocycles. The van der Waals surface area contributed by atoms with Crippen molar-refractivity contribution in [2.45, 2.75) is 25.3 Å². The molecule has 0 spiro atoms. The first-order valence-corrected chi connectivity index (χ1v) is 6.56. The first-order valence-electron chi connectivity index (χ1n) is 5.68. The molecule has 0 aromatic carbocycles. The summed E-state index contributed by atoms with van der Waals surface area (Å²) in [7, 11) is 0. The molecule has 0 saturated carbocycles. The normalized spacial score (nSPS) is 18.7. The van der Waals surface area contributed by atoms with Gasteiger partial charge in [-0.25, -0.2) is 0 Å². The summed E-state index contributed by atoms with van der Waals surface area (Å²) >= 11 is 1.47. The Morgan fingerprint density at radius 1 is 1.59 bits per heavy atom. The maximum Gasteiger partial charge on any atom is 0.261 e. The summed E-state index contributed by atoms with van der Waals surface area (Å²) in [4.78, 5) is 12.7. The van der Waals surface area contributed by atoms with E-state index in [2.05, 4.69) is 15.5 Å². The summed E-state index contributed by atoms with van der Waals surface area (Å²) in [5.74, 6) is 0.0352. The monoisotopic (exact) mass is 247 g/mol. The molecule has 0 saturated heterocycles. The minimum absolute atomic E-state index is 0.0352. The Morgan fingerprint density at radius 2 is 2.53 bits per heavy atom. The highest BCUT2D eigenvalue weighted by Gasteiger charge is 2.22. The largest absolute Gasteiger partial charge is 0.348 e. The third-order valence-corrected chi connectivity index (χ3v) is 3.97. The third kappa shape index (κ3) is 2.10. The third-order valence-electron chi connectivity index (χ3n) is 3.10. The quantitative estimate of drug-likeness (QED) is 0.849. The average Bonchev–Trinajstić information content (AvgIpc) is 2.99. The average molecular weight is 247 g/mol. The number of thiophene rings is 1. The zero-order valence-corrected chi connectivity index (χ0v) is 10.1. The Hall–Kier alpha value is -1.62. The summed E-state index contributed by atoms with van der Waals surface area (Å²) in [6.45, 7) is 0. The predicted molar refractivity (Wildman–Crippen MR) is 66.2 cm³/mol. The number of fused-ring (bicyclic) bond motifs is 1. The van der Waals surface area contributed by atoms with Crippen LogP contribution in [0.5, 0.6) is 0 Å². The highest BCUT2D eigenvalue weighted by atomic mass is 32.1. The lowest BCUT2D eigenvalue weighted by Gasteiger charge is -2.22. The molecule has 0 radical (unpaired) electrons. The maximum absolute atomic E-state index is 11.9. The Kier molecular flexibility index (Phi) is 2.68. The van der Waals surface area contributed by atoms with Crippen LogP contribution in [0.3, 0.4) is 0 Å². The van der Waals surface area contributed by atoms with E-state index in [0.29, 0.717) is 0 Å². The smallest absolute Gasteiger partial charge is 0.261 e. The zero-order chi connectivity index (χ0) is 11.7. The Balaban J connectivity index is 1.66. The Morgan fingerprint density at radius 3 is 3.35 bits per heavy atom. The molecule has 5 heteroatoms. The van der Waals surface area contributed by atoms with E-state index < -0.39 is 0 Å². The molecule has 0 bridgehead atoms. The molecule has 2 aromatic rings. The van der Waals surface area contributed by atoms with E-state index in [4.69, 9.17) is 0 Å². The van der Waals surface area contributed by atoms with Gasteiger partial charge in [0.15, 0.2) is 0 Å². The number of aromatic nitrogens is 2. The van der Waals surface area contributed by atoms with Crippen molar-refractivity contribution in [3.05, 3.63) is 39.8 Å². The molecule has 4 nitrogen and oxygen atoms in total. The van der Waals surface area contributed by atoms with Crippen LogP contribution in [0.25, 0.3) is 0 Å². The molecule has 0 aliphatic heterocycles. The number of nitrogens with one attached hydrogen (secondary N) is 2. The van der Waals surface area contributed by atoms with Gasteiger partial charge in [-0.15, -0.1) is 11.3 Å². The fourth-order valence-corrected chi connectivity index (χ4v) is 2.82. The fraction of sp³-hybridized carbons (Fsp3) is 0.333. The SMILES string of the molecule is O=C(NC1CCc2cn[nH]c2C1)c1cccs1. The van der Waals surface area contributed by atoms with E-state index in [9.17, 15) is 4.79 Å². The van der Waals surface area contributed by atoms with E-state index in [1.165, 1.54) is 16.9 Å². The molecule has 1 aliphatic carbocycles. The van der Waals surface area contributed by atoms with Crippen molar-refractivity contribution in [3.8, 4) is 0 Å². The molecule has 2 aromatic heterocycles. The number of aromatic amines is 1. The predicted octanol–water partition coefficient (Wildman–Crippen LogP) is 1.76. The first kappa shape index (κ1) is 10.5. The second-order valence-electron chi connectivity index (χ2n) is 4.26. The van der Waals surface area contributed by atoms with Gasteiger partial charge in [0, 0.05) is 18.2 Å². The molecule has 17 heavy (non-hydrogen) atoms. The summed E-state index contributed by atoms with van der Waals surface area (Å²) in [6, 6.07) is 3.97. The highest BCUT2D eigenvalue weighted by molar-refractivity contribution is 7.12. The van der Waals surface area contributed by atoms with Crippen LogP contribution in [-0.4, -0.2) is 22.1 Å². The lowest BCUT2D eigenvalue weighted by atomic mass is 9.94. The van der Waals surface area contributed by atoms with E-state index in [-0.39, 0.29) is 11.9 Å². The molecule has 88 valence electrons. The topological polar surface area (TPSA) is 57.8 Å². The minimum Gasteiger partial charge on any atom is -0.348 e. The van der Waals surface area contributed by atoms with Gasteiger partial charge in [-0.05, 0) is 29.9 Å². The first-order chi connectivity index (χ1) is 8.33. The van der Waals surface area contributed by atoms with Gasteiger partial charge < -0.3 is 5.32 Å². The molecular formula is C12H13N3OS. The van der Waals surface area contributed by atoms with Crippen molar-refractivity contribution in [2.75, 3.05) is 0 Å². The second kappa shape index (κ2) is 4.33. The minimum atomic E-state index is 0.0352. The fourth-order valence-electron chi connectivity index (χ4n) is 2.20. The van der Waals surface area contributed by atoms with Crippen LogP contribution in [0.1, 0.15) is 27.3 Å². The standard InChI is InChI=1S/C12H13N3OS/c16-12(11-2-1-5-17-11)14-9-4-3-8-7-13-15-10(8)6-9/h1-2,5,7,9H,3-4,6H2,(H,13,15)(H,14,16). The number of aryl methyl sites for hydroxylation is 1. The number of nitrogens with zero attached hydrogens (tertiary/aromatic N) is 1. The molecule has 1 unspecified atom stereocenters. The van der Waals surface area contributed by atoms with Crippen molar-refractivity contribution in [1.82, 2.24) is 15.5 Å². The van der Waals surface area contributed by atoms with Crippen LogP contribution in [0.4, 0.5) is 0 Å². The van der Waals surface area contributed by atoms with Gasteiger partial charge in [0.05, 0.1) is 11.1 Å². The maximum atomic E-state index is 11.9. The summed E-state index contributed by atoms with van der Waals surface area (Å²) < 4.78 is 0. The van der Waals surface area contributed by atoms with E-state index in [0.717, 1.165) is 29.8 Å². The van der Waals surface area contributed by atoms with Crippen molar-refractivity contribution < 1.29 is 4.79 Å². The van der Waals surface area contributed by atoms with Gasteiger partial charge in [0.25, 0.3) is 5.91 Å². The van der Waals surface area contributed by atoms with E-state index >= 15 is 0 Å². The van der Waals surface area contributed by atoms with Gasteiger partial charge in [-0.1, -0.05) is 6.07 Å². The highest BCUT2D eigenvalue weighted by Crippen LogP contribution is 2.19. The molecule has 2 N–H and O–H groups in total. The van der Waals surface area contributed by atoms with Gasteiger partial charge in [0.1, 0.15) is 0 Å². The van der Waals surface area contributed by atoms with E-state index in [1.54, 1.807) is 0 Å². The van der Waals surface area contributed by atoms with Crippen LogP contribution in [0.2, 0.25) is 0 Å².